The van der Waals surface area contributed by atoms with Gasteiger partial charge in [-0.3, -0.25) is 0 Å². The van der Waals surface area contributed by atoms with E-state index in [2.05, 4.69) is 75.9 Å². The van der Waals surface area contributed by atoms with Crippen molar-refractivity contribution in [2.75, 3.05) is 6.61 Å². The summed E-state index contributed by atoms with van der Waals surface area (Å²) in [6.07, 6.45) is -0.0604. The average Bonchev–Trinajstić information content (AvgIpc) is 3.14. The highest BCUT2D eigenvalue weighted by Crippen LogP contribution is 2.29. The molecule has 0 saturated carbocycles. The fourth-order valence-corrected chi connectivity index (χ4v) is 8.62. The molecule has 4 atom stereocenters. The standard InChI is InChI=1S/C41H52O5Si/c1-5-38(43-30-35-23-15-10-16-24-35)40(44-31-36-25-17-11-18-26-36)41(45-32-37-27-19-12-20-28-37)39(46-47(6-2,7-3)8-4)33-42-29-34-21-13-9-14-22-34/h5,9-28,38-41H,1,6-8,29-33H2,2-4H3/t38-,39+,40+,41+/m0/s1. The fourth-order valence-electron chi connectivity index (χ4n) is 5.77. The second-order valence-electron chi connectivity index (χ2n) is 11.9. The Balaban J connectivity index is 1.71. The molecule has 0 aliphatic carbocycles. The van der Waals surface area contributed by atoms with Gasteiger partial charge < -0.3 is 23.4 Å². The number of hydrogen-bond donors (Lipinski definition) is 0. The molecule has 5 nitrogen and oxygen atoms in total. The van der Waals surface area contributed by atoms with Crippen molar-refractivity contribution in [2.24, 2.45) is 0 Å². The lowest BCUT2D eigenvalue weighted by molar-refractivity contribution is -0.175. The van der Waals surface area contributed by atoms with Crippen LogP contribution in [0.3, 0.4) is 0 Å². The molecular weight excluding hydrogens is 601 g/mol. The second kappa shape index (κ2) is 20.1. The highest BCUT2D eigenvalue weighted by Gasteiger charge is 2.42. The number of ether oxygens (including phenoxy) is 4. The molecule has 0 N–H and O–H groups in total. The Morgan fingerprint density at radius 3 is 1.32 bits per heavy atom. The highest BCUT2D eigenvalue weighted by molar-refractivity contribution is 6.73. The number of benzene rings is 4. The van der Waals surface area contributed by atoms with E-state index in [0.29, 0.717) is 33.0 Å². The van der Waals surface area contributed by atoms with Crippen LogP contribution in [0.1, 0.15) is 43.0 Å². The van der Waals surface area contributed by atoms with E-state index in [-0.39, 0.29) is 0 Å². The molecule has 47 heavy (non-hydrogen) atoms. The van der Waals surface area contributed by atoms with Crippen molar-refractivity contribution in [3.05, 3.63) is 156 Å². The van der Waals surface area contributed by atoms with E-state index in [1.165, 1.54) is 0 Å². The van der Waals surface area contributed by atoms with Gasteiger partial charge in [-0.15, -0.1) is 6.58 Å². The van der Waals surface area contributed by atoms with Crippen molar-refractivity contribution in [2.45, 2.75) is 89.7 Å². The first-order valence-electron chi connectivity index (χ1n) is 17.0. The fraction of sp³-hybridized carbons (Fsp3) is 0.366. The topological polar surface area (TPSA) is 46.2 Å². The molecule has 0 spiro atoms. The van der Waals surface area contributed by atoms with Crippen molar-refractivity contribution < 1.29 is 23.4 Å². The van der Waals surface area contributed by atoms with Crippen LogP contribution in [0.4, 0.5) is 0 Å². The van der Waals surface area contributed by atoms with Crippen LogP contribution in [0.2, 0.25) is 18.1 Å². The molecule has 0 aliphatic rings. The van der Waals surface area contributed by atoms with Crippen molar-refractivity contribution in [1.82, 2.24) is 0 Å². The summed E-state index contributed by atoms with van der Waals surface area (Å²) in [5, 5.41) is 0. The zero-order chi connectivity index (χ0) is 33.2. The van der Waals surface area contributed by atoms with E-state index in [9.17, 15) is 0 Å². The summed E-state index contributed by atoms with van der Waals surface area (Å²) in [5.74, 6) is 0. The third kappa shape index (κ3) is 11.7. The molecule has 0 radical (unpaired) electrons. The maximum absolute atomic E-state index is 7.28. The van der Waals surface area contributed by atoms with Gasteiger partial charge in [-0.2, -0.15) is 0 Å². The molecule has 0 bridgehead atoms. The van der Waals surface area contributed by atoms with E-state index in [0.717, 1.165) is 40.4 Å². The first-order valence-corrected chi connectivity index (χ1v) is 19.5. The van der Waals surface area contributed by atoms with Crippen LogP contribution < -0.4 is 0 Å². The minimum atomic E-state index is -2.11. The maximum Gasteiger partial charge on any atom is 0.192 e. The van der Waals surface area contributed by atoms with E-state index >= 15 is 0 Å². The lowest BCUT2D eigenvalue weighted by Crippen LogP contribution is -2.54. The minimum absolute atomic E-state index is 0.358. The quantitative estimate of drug-likeness (QED) is 0.0625. The molecule has 0 amide bonds. The SMILES string of the molecule is C=C[C@H](OCc1ccccc1)[C@@H](OCc1ccccc1)[C@H](OCc1ccccc1)[C@@H](COCc1ccccc1)O[Si](CC)(CC)CC. The van der Waals surface area contributed by atoms with E-state index < -0.39 is 32.7 Å². The van der Waals surface area contributed by atoms with Gasteiger partial charge in [-0.05, 0) is 40.4 Å². The molecule has 4 aromatic carbocycles. The first-order chi connectivity index (χ1) is 23.1. The van der Waals surface area contributed by atoms with E-state index in [1.54, 1.807) is 0 Å². The summed E-state index contributed by atoms with van der Waals surface area (Å²) in [7, 11) is -2.11. The van der Waals surface area contributed by atoms with Crippen molar-refractivity contribution in [3.63, 3.8) is 0 Å². The Hall–Kier alpha value is -3.36. The van der Waals surface area contributed by atoms with Gasteiger partial charge in [-0.25, -0.2) is 0 Å². The Morgan fingerprint density at radius 1 is 0.532 bits per heavy atom. The first kappa shape index (κ1) is 36.5. The van der Waals surface area contributed by atoms with Gasteiger partial charge in [0.2, 0.25) is 0 Å². The predicted molar refractivity (Wildman–Crippen MR) is 193 cm³/mol. The van der Waals surface area contributed by atoms with Crippen LogP contribution >= 0.6 is 0 Å². The molecule has 4 aromatic rings. The number of rotatable bonds is 22. The molecule has 0 heterocycles. The molecule has 0 saturated heterocycles. The smallest absolute Gasteiger partial charge is 0.192 e. The maximum atomic E-state index is 7.28. The highest BCUT2D eigenvalue weighted by atomic mass is 28.4. The third-order valence-corrected chi connectivity index (χ3v) is 13.5. The third-order valence-electron chi connectivity index (χ3n) is 8.83. The molecule has 6 heteroatoms. The van der Waals surface area contributed by atoms with Crippen molar-refractivity contribution >= 4 is 8.32 Å². The molecule has 0 fully saturated rings. The molecule has 0 unspecified atom stereocenters. The van der Waals surface area contributed by atoms with Crippen LogP contribution in [0.5, 0.6) is 0 Å². The molecule has 4 rings (SSSR count). The minimum Gasteiger partial charge on any atom is -0.409 e. The van der Waals surface area contributed by atoms with Gasteiger partial charge in [0.05, 0.1) is 39.1 Å². The monoisotopic (exact) mass is 652 g/mol. The van der Waals surface area contributed by atoms with E-state index in [1.807, 2.05) is 78.9 Å². The van der Waals surface area contributed by atoms with Crippen LogP contribution in [0.25, 0.3) is 0 Å². The van der Waals surface area contributed by atoms with Gasteiger partial charge in [0.15, 0.2) is 8.32 Å². The summed E-state index contributed by atoms with van der Waals surface area (Å²) in [6.45, 7) is 13.0. The lowest BCUT2D eigenvalue weighted by atomic mass is 10.0. The number of hydrogen-bond acceptors (Lipinski definition) is 5. The summed E-state index contributed by atoms with van der Waals surface area (Å²) < 4.78 is 34.1. The Labute approximate surface area is 283 Å². The van der Waals surface area contributed by atoms with Gasteiger partial charge in [0.1, 0.15) is 18.3 Å². The van der Waals surface area contributed by atoms with Crippen LogP contribution in [-0.2, 0) is 49.8 Å². The zero-order valence-corrected chi connectivity index (χ0v) is 29.3. The molecule has 250 valence electrons. The normalized spacial score (nSPS) is 14.3. The van der Waals surface area contributed by atoms with Crippen molar-refractivity contribution in [1.29, 1.82) is 0 Å². The average molecular weight is 653 g/mol. The van der Waals surface area contributed by atoms with E-state index in [4.69, 9.17) is 23.4 Å². The zero-order valence-electron chi connectivity index (χ0n) is 28.3. The van der Waals surface area contributed by atoms with Crippen LogP contribution in [-0.4, -0.2) is 39.3 Å². The van der Waals surface area contributed by atoms with Gasteiger partial charge in [-0.1, -0.05) is 148 Å². The summed E-state index contributed by atoms with van der Waals surface area (Å²) >= 11 is 0. The second-order valence-corrected chi connectivity index (χ2v) is 16.6. The molecule has 0 aromatic heterocycles. The van der Waals surface area contributed by atoms with Crippen molar-refractivity contribution in [3.8, 4) is 0 Å². The lowest BCUT2D eigenvalue weighted by Gasteiger charge is -2.41. The van der Waals surface area contributed by atoms with Crippen LogP contribution in [0.15, 0.2) is 134 Å². The summed E-state index contributed by atoms with van der Waals surface area (Å²) in [5.41, 5.74) is 4.34. The van der Waals surface area contributed by atoms with Gasteiger partial charge in [0, 0.05) is 0 Å². The summed E-state index contributed by atoms with van der Waals surface area (Å²) in [6, 6.07) is 43.9. The largest absolute Gasteiger partial charge is 0.409 e. The van der Waals surface area contributed by atoms with Crippen LogP contribution in [0, 0.1) is 0 Å². The Bertz CT molecular complexity index is 1370. The Morgan fingerprint density at radius 2 is 0.915 bits per heavy atom. The Kier molecular flexibility index (Phi) is 15.6. The van der Waals surface area contributed by atoms with Gasteiger partial charge >= 0.3 is 0 Å². The summed E-state index contributed by atoms with van der Waals surface area (Å²) in [4.78, 5) is 0. The van der Waals surface area contributed by atoms with Gasteiger partial charge in [0.25, 0.3) is 0 Å². The predicted octanol–water partition coefficient (Wildman–Crippen LogP) is 9.54. The molecule has 0 aliphatic heterocycles. The molecular formula is C41H52O5Si.